The molecule has 72 valence electrons. The van der Waals surface area contributed by atoms with Crippen LogP contribution in [0.4, 0.5) is 0 Å². The Morgan fingerprint density at radius 2 is 2.23 bits per heavy atom. The van der Waals surface area contributed by atoms with Crippen LogP contribution in [-0.4, -0.2) is 30.6 Å². The van der Waals surface area contributed by atoms with Gasteiger partial charge in [-0.3, -0.25) is 4.90 Å². The quantitative estimate of drug-likeness (QED) is 0.598. The summed E-state index contributed by atoms with van der Waals surface area (Å²) in [6.07, 6.45) is 2.57. The van der Waals surface area contributed by atoms with Crippen molar-refractivity contribution in [3.63, 3.8) is 0 Å². The molecule has 0 aromatic heterocycles. The van der Waals surface area contributed by atoms with E-state index in [0.29, 0.717) is 6.04 Å². The Morgan fingerprint density at radius 3 is 2.92 bits per heavy atom. The number of likely N-dealkylation sites (tertiary alicyclic amines) is 1. The molecular weight excluding hydrogens is 160 g/mol. The molecule has 0 aromatic rings. The van der Waals surface area contributed by atoms with Crippen LogP contribution in [0.15, 0.2) is 0 Å². The Labute approximate surface area is 80.5 Å². The second kappa shape index (κ2) is 3.69. The van der Waals surface area contributed by atoms with Crippen LogP contribution in [0.25, 0.3) is 0 Å². The number of hydrogen-bond donors (Lipinski definition) is 1. The molecule has 1 aliphatic carbocycles. The first kappa shape index (κ1) is 9.05. The summed E-state index contributed by atoms with van der Waals surface area (Å²) in [5.41, 5.74) is 6.05. The van der Waals surface area contributed by atoms with Gasteiger partial charge in [0.25, 0.3) is 0 Å². The third-order valence-electron chi connectivity index (χ3n) is 3.47. The molecule has 0 spiro atoms. The zero-order valence-electron chi connectivity index (χ0n) is 8.29. The molecule has 3 unspecified atom stereocenters. The number of nitrogens with zero attached hydrogens (tertiary/aromatic N) is 1. The van der Waals surface area contributed by atoms with Crippen molar-refractivity contribution in [2.75, 3.05) is 19.6 Å². The van der Waals surface area contributed by atoms with Gasteiger partial charge in [-0.05, 0) is 31.6 Å². The average molecular weight is 178 g/mol. The molecule has 0 aromatic carbocycles. The molecule has 2 rings (SSSR count). The first-order valence-corrected chi connectivity index (χ1v) is 5.19. The highest BCUT2D eigenvalue weighted by Gasteiger charge is 2.40. The maximum atomic E-state index is 6.05. The van der Waals surface area contributed by atoms with Crippen LogP contribution in [0, 0.1) is 23.7 Å². The molecule has 2 nitrogen and oxygen atoms in total. The van der Waals surface area contributed by atoms with Gasteiger partial charge in [-0.1, -0.05) is 5.92 Å². The highest BCUT2D eigenvalue weighted by molar-refractivity contribution is 5.02. The second-order valence-electron chi connectivity index (χ2n) is 4.29. The first-order chi connectivity index (χ1) is 6.31. The van der Waals surface area contributed by atoms with Crippen molar-refractivity contribution >= 4 is 0 Å². The lowest BCUT2D eigenvalue weighted by atomic mass is 9.98. The van der Waals surface area contributed by atoms with Gasteiger partial charge in [-0.25, -0.2) is 0 Å². The molecule has 2 N–H and O–H groups in total. The van der Waals surface area contributed by atoms with Crippen LogP contribution < -0.4 is 5.73 Å². The monoisotopic (exact) mass is 178 g/mol. The molecule has 2 heteroatoms. The summed E-state index contributed by atoms with van der Waals surface area (Å²) in [6, 6.07) is 0.463. The third kappa shape index (κ3) is 1.72. The normalized spacial score (nSPS) is 38.5. The first-order valence-electron chi connectivity index (χ1n) is 5.19. The molecule has 0 radical (unpaired) electrons. The number of nitrogens with two attached hydrogens (primary N) is 1. The fourth-order valence-electron chi connectivity index (χ4n) is 2.72. The average Bonchev–Trinajstić information content (AvgIpc) is 2.65. The minimum atomic E-state index is 0.463. The van der Waals surface area contributed by atoms with Crippen molar-refractivity contribution in [1.29, 1.82) is 0 Å². The standard InChI is InChI=1S/C11H18N2/c1-2-3-6-13-7-9-4-5-11(12)10(9)8-13/h9-11H,4-8,12H2,1H3. The molecule has 3 atom stereocenters. The SMILES string of the molecule is CC#CCN1CC2CCC(N)C2C1. The summed E-state index contributed by atoms with van der Waals surface area (Å²) in [6.45, 7) is 5.26. The number of hydrogen-bond acceptors (Lipinski definition) is 2. The summed E-state index contributed by atoms with van der Waals surface area (Å²) in [5.74, 6) is 7.71. The third-order valence-corrected chi connectivity index (χ3v) is 3.47. The van der Waals surface area contributed by atoms with Gasteiger partial charge in [0.05, 0.1) is 6.54 Å². The van der Waals surface area contributed by atoms with E-state index in [-0.39, 0.29) is 0 Å². The second-order valence-corrected chi connectivity index (χ2v) is 4.29. The molecule has 0 bridgehead atoms. The van der Waals surface area contributed by atoms with Gasteiger partial charge >= 0.3 is 0 Å². The predicted octanol–water partition coefficient (Wildman–Crippen LogP) is 0.679. The van der Waals surface area contributed by atoms with Crippen molar-refractivity contribution in [2.45, 2.75) is 25.8 Å². The van der Waals surface area contributed by atoms with E-state index in [0.717, 1.165) is 18.4 Å². The van der Waals surface area contributed by atoms with E-state index in [4.69, 9.17) is 5.73 Å². The van der Waals surface area contributed by atoms with E-state index in [1.165, 1.54) is 25.9 Å². The summed E-state index contributed by atoms with van der Waals surface area (Å²) < 4.78 is 0. The number of rotatable bonds is 1. The molecule has 2 fully saturated rings. The van der Waals surface area contributed by atoms with E-state index in [1.54, 1.807) is 0 Å². The summed E-state index contributed by atoms with van der Waals surface area (Å²) in [5, 5.41) is 0. The van der Waals surface area contributed by atoms with E-state index in [1.807, 2.05) is 6.92 Å². The Kier molecular flexibility index (Phi) is 2.57. The minimum absolute atomic E-state index is 0.463. The topological polar surface area (TPSA) is 29.3 Å². The highest BCUT2D eigenvalue weighted by Crippen LogP contribution is 2.36. The van der Waals surface area contributed by atoms with Gasteiger partial charge in [0.1, 0.15) is 0 Å². The number of fused-ring (bicyclic) bond motifs is 1. The van der Waals surface area contributed by atoms with E-state index >= 15 is 0 Å². The highest BCUT2D eigenvalue weighted by atomic mass is 15.2. The van der Waals surface area contributed by atoms with Crippen LogP contribution in [0.2, 0.25) is 0 Å². The maximum Gasteiger partial charge on any atom is 0.0601 e. The van der Waals surface area contributed by atoms with Crippen LogP contribution in [0.3, 0.4) is 0 Å². The molecular formula is C11H18N2. The Balaban J connectivity index is 1.90. The molecule has 1 heterocycles. The molecule has 13 heavy (non-hydrogen) atoms. The van der Waals surface area contributed by atoms with E-state index in [9.17, 15) is 0 Å². The molecule has 1 aliphatic heterocycles. The van der Waals surface area contributed by atoms with Crippen molar-refractivity contribution in [3.8, 4) is 11.8 Å². The molecule has 2 aliphatic rings. The summed E-state index contributed by atoms with van der Waals surface area (Å²) >= 11 is 0. The van der Waals surface area contributed by atoms with Gasteiger partial charge in [-0.2, -0.15) is 0 Å². The van der Waals surface area contributed by atoms with Gasteiger partial charge in [0.15, 0.2) is 0 Å². The molecule has 0 amide bonds. The van der Waals surface area contributed by atoms with Crippen molar-refractivity contribution < 1.29 is 0 Å². The Bertz CT molecular complexity index is 238. The van der Waals surface area contributed by atoms with Crippen LogP contribution in [0.5, 0.6) is 0 Å². The Morgan fingerprint density at radius 1 is 1.38 bits per heavy atom. The summed E-state index contributed by atoms with van der Waals surface area (Å²) in [4.78, 5) is 2.45. The smallest absolute Gasteiger partial charge is 0.0601 e. The summed E-state index contributed by atoms with van der Waals surface area (Å²) in [7, 11) is 0. The van der Waals surface area contributed by atoms with Gasteiger partial charge in [0.2, 0.25) is 0 Å². The van der Waals surface area contributed by atoms with E-state index in [2.05, 4.69) is 16.7 Å². The fourth-order valence-corrected chi connectivity index (χ4v) is 2.72. The zero-order chi connectivity index (χ0) is 9.26. The lowest BCUT2D eigenvalue weighted by molar-refractivity contribution is 0.341. The maximum absolute atomic E-state index is 6.05. The van der Waals surface area contributed by atoms with Crippen molar-refractivity contribution in [1.82, 2.24) is 4.90 Å². The predicted molar refractivity (Wildman–Crippen MR) is 54.1 cm³/mol. The van der Waals surface area contributed by atoms with Crippen molar-refractivity contribution in [2.24, 2.45) is 17.6 Å². The van der Waals surface area contributed by atoms with Crippen LogP contribution in [0.1, 0.15) is 19.8 Å². The molecule has 1 saturated heterocycles. The van der Waals surface area contributed by atoms with Gasteiger partial charge < -0.3 is 5.73 Å². The lowest BCUT2D eigenvalue weighted by Gasteiger charge is -2.15. The molecule has 1 saturated carbocycles. The van der Waals surface area contributed by atoms with Crippen molar-refractivity contribution in [3.05, 3.63) is 0 Å². The lowest BCUT2D eigenvalue weighted by Crippen LogP contribution is -2.30. The zero-order valence-corrected chi connectivity index (χ0v) is 8.29. The Hall–Kier alpha value is -0.520. The largest absolute Gasteiger partial charge is 0.327 e. The van der Waals surface area contributed by atoms with Crippen LogP contribution in [-0.2, 0) is 0 Å². The van der Waals surface area contributed by atoms with Gasteiger partial charge in [0, 0.05) is 19.1 Å². The van der Waals surface area contributed by atoms with E-state index < -0.39 is 0 Å². The van der Waals surface area contributed by atoms with Crippen LogP contribution >= 0.6 is 0 Å². The minimum Gasteiger partial charge on any atom is -0.327 e. The van der Waals surface area contributed by atoms with Gasteiger partial charge in [-0.15, -0.1) is 5.92 Å². The fraction of sp³-hybridized carbons (Fsp3) is 0.818.